The van der Waals surface area contributed by atoms with Crippen molar-refractivity contribution >= 4 is 17.3 Å². The Morgan fingerprint density at radius 3 is 2.05 bits per heavy atom. The Kier molecular flexibility index (Phi) is 6.84. The summed E-state index contributed by atoms with van der Waals surface area (Å²) in [7, 11) is 0. The Bertz CT molecular complexity index is 403. The molecule has 114 valence electrons. The minimum atomic E-state index is 0.146. The number of anilines is 1. The van der Waals surface area contributed by atoms with Crippen LogP contribution in [0.15, 0.2) is 18.2 Å². The van der Waals surface area contributed by atoms with Gasteiger partial charge in [-0.15, -0.1) is 0 Å². The van der Waals surface area contributed by atoms with Gasteiger partial charge in [-0.05, 0) is 36.8 Å². The zero-order chi connectivity index (χ0) is 15.3. The van der Waals surface area contributed by atoms with E-state index < -0.39 is 0 Å². The fourth-order valence-corrected chi connectivity index (χ4v) is 2.88. The number of halogens is 1. The predicted molar refractivity (Wildman–Crippen MR) is 90.7 cm³/mol. The first-order chi connectivity index (χ1) is 9.31. The molecule has 1 atom stereocenters. The smallest absolute Gasteiger partial charge is 0.0642 e. The van der Waals surface area contributed by atoms with E-state index >= 15 is 0 Å². The van der Waals surface area contributed by atoms with Crippen LogP contribution in [0.1, 0.15) is 40.2 Å². The molecule has 0 aliphatic rings. The summed E-state index contributed by atoms with van der Waals surface area (Å²) in [5.74, 6) is 1.21. The molecule has 1 unspecified atom stereocenters. The van der Waals surface area contributed by atoms with Crippen molar-refractivity contribution in [2.24, 2.45) is 17.6 Å². The van der Waals surface area contributed by atoms with Crippen LogP contribution in [0, 0.1) is 11.8 Å². The van der Waals surface area contributed by atoms with Crippen molar-refractivity contribution in [1.82, 2.24) is 0 Å². The zero-order valence-electron chi connectivity index (χ0n) is 13.5. The third kappa shape index (κ3) is 5.34. The van der Waals surface area contributed by atoms with E-state index in [0.29, 0.717) is 11.8 Å². The van der Waals surface area contributed by atoms with Gasteiger partial charge in [-0.2, -0.15) is 0 Å². The van der Waals surface area contributed by atoms with Crippen molar-refractivity contribution in [2.45, 2.75) is 47.1 Å². The van der Waals surface area contributed by atoms with Gasteiger partial charge in [0.05, 0.1) is 10.7 Å². The largest absolute Gasteiger partial charge is 0.370 e. The van der Waals surface area contributed by atoms with Crippen molar-refractivity contribution in [3.05, 3.63) is 28.8 Å². The van der Waals surface area contributed by atoms with E-state index in [1.807, 2.05) is 19.1 Å². The molecule has 1 aromatic carbocycles. The average Bonchev–Trinajstić information content (AvgIpc) is 2.25. The highest BCUT2D eigenvalue weighted by molar-refractivity contribution is 6.33. The summed E-state index contributed by atoms with van der Waals surface area (Å²) in [5, 5.41) is 0.837. The lowest BCUT2D eigenvalue weighted by Gasteiger charge is -2.31. The molecule has 0 saturated carbocycles. The van der Waals surface area contributed by atoms with Crippen LogP contribution in [0.2, 0.25) is 5.02 Å². The SMILES string of the molecule is CC(C)CN(CC(C)C)c1c(Cl)cccc1CC(C)N. The molecule has 0 heterocycles. The molecule has 1 rings (SSSR count). The number of hydrogen-bond acceptors (Lipinski definition) is 2. The Balaban J connectivity index is 3.15. The van der Waals surface area contributed by atoms with E-state index in [4.69, 9.17) is 17.3 Å². The first-order valence-corrected chi connectivity index (χ1v) is 7.97. The number of rotatable bonds is 7. The monoisotopic (exact) mass is 296 g/mol. The minimum absolute atomic E-state index is 0.146. The zero-order valence-corrected chi connectivity index (χ0v) is 14.2. The van der Waals surface area contributed by atoms with Gasteiger partial charge in [0.25, 0.3) is 0 Å². The van der Waals surface area contributed by atoms with Gasteiger partial charge in [0, 0.05) is 19.1 Å². The highest BCUT2D eigenvalue weighted by Gasteiger charge is 2.17. The molecule has 0 saturated heterocycles. The van der Waals surface area contributed by atoms with E-state index in [1.54, 1.807) is 0 Å². The average molecular weight is 297 g/mol. The summed E-state index contributed by atoms with van der Waals surface area (Å²) in [5.41, 5.74) is 8.42. The number of benzene rings is 1. The standard InChI is InChI=1S/C17H29ClN2/c1-12(2)10-20(11-13(3)4)17-15(9-14(5)19)7-6-8-16(17)18/h6-8,12-14H,9-11,19H2,1-5H3. The lowest BCUT2D eigenvalue weighted by molar-refractivity contribution is 0.550. The lowest BCUT2D eigenvalue weighted by Crippen LogP contribution is -2.33. The van der Waals surface area contributed by atoms with E-state index in [2.05, 4.69) is 38.7 Å². The Labute approximate surface area is 129 Å². The third-order valence-corrected chi connectivity index (χ3v) is 3.40. The van der Waals surface area contributed by atoms with E-state index in [-0.39, 0.29) is 6.04 Å². The second-order valence-electron chi connectivity index (χ2n) is 6.62. The molecular formula is C17H29ClN2. The van der Waals surface area contributed by atoms with Gasteiger partial charge >= 0.3 is 0 Å². The van der Waals surface area contributed by atoms with Crippen LogP contribution in [0.3, 0.4) is 0 Å². The molecule has 0 aliphatic carbocycles. The fourth-order valence-electron chi connectivity index (χ4n) is 2.56. The molecule has 1 aromatic rings. The summed E-state index contributed by atoms with van der Waals surface area (Å²) in [6.45, 7) is 13.1. The predicted octanol–water partition coefficient (Wildman–Crippen LogP) is 4.35. The van der Waals surface area contributed by atoms with Crippen molar-refractivity contribution in [3.63, 3.8) is 0 Å². The summed E-state index contributed by atoms with van der Waals surface area (Å²) >= 11 is 6.49. The molecular weight excluding hydrogens is 268 g/mol. The summed E-state index contributed by atoms with van der Waals surface area (Å²) in [6, 6.07) is 6.30. The van der Waals surface area contributed by atoms with Gasteiger partial charge in [0.15, 0.2) is 0 Å². The molecule has 0 bridgehead atoms. The van der Waals surface area contributed by atoms with Gasteiger partial charge in [-0.3, -0.25) is 0 Å². The van der Waals surface area contributed by atoms with Crippen molar-refractivity contribution in [2.75, 3.05) is 18.0 Å². The topological polar surface area (TPSA) is 29.3 Å². The van der Waals surface area contributed by atoms with Crippen molar-refractivity contribution in [3.8, 4) is 0 Å². The first kappa shape index (κ1) is 17.3. The van der Waals surface area contributed by atoms with E-state index in [9.17, 15) is 0 Å². The first-order valence-electron chi connectivity index (χ1n) is 7.59. The molecule has 0 fully saturated rings. The van der Waals surface area contributed by atoms with Crippen LogP contribution < -0.4 is 10.6 Å². The molecule has 3 heteroatoms. The maximum atomic E-state index is 6.49. The van der Waals surface area contributed by atoms with Gasteiger partial charge in [0.1, 0.15) is 0 Å². The van der Waals surface area contributed by atoms with E-state index in [1.165, 1.54) is 11.3 Å². The van der Waals surface area contributed by atoms with Crippen LogP contribution in [-0.4, -0.2) is 19.1 Å². The molecule has 0 aromatic heterocycles. The van der Waals surface area contributed by atoms with Crippen LogP contribution in [0.4, 0.5) is 5.69 Å². The molecule has 0 radical (unpaired) electrons. The summed E-state index contributed by atoms with van der Waals surface area (Å²) in [6.07, 6.45) is 0.864. The molecule has 0 aliphatic heterocycles. The Morgan fingerprint density at radius 1 is 1.05 bits per heavy atom. The Hall–Kier alpha value is -0.730. The van der Waals surface area contributed by atoms with Crippen LogP contribution in [0.5, 0.6) is 0 Å². The van der Waals surface area contributed by atoms with Gasteiger partial charge in [-0.1, -0.05) is 51.4 Å². The second kappa shape index (κ2) is 7.90. The van der Waals surface area contributed by atoms with Gasteiger partial charge < -0.3 is 10.6 Å². The van der Waals surface area contributed by atoms with Gasteiger partial charge in [-0.25, -0.2) is 0 Å². The van der Waals surface area contributed by atoms with Crippen molar-refractivity contribution in [1.29, 1.82) is 0 Å². The number of nitrogens with zero attached hydrogens (tertiary/aromatic N) is 1. The molecule has 0 amide bonds. The normalized spacial score (nSPS) is 13.1. The highest BCUT2D eigenvalue weighted by Crippen LogP contribution is 2.32. The van der Waals surface area contributed by atoms with Crippen LogP contribution >= 0.6 is 11.6 Å². The highest BCUT2D eigenvalue weighted by atomic mass is 35.5. The van der Waals surface area contributed by atoms with E-state index in [0.717, 1.165) is 24.5 Å². The number of nitrogens with two attached hydrogens (primary N) is 1. The molecule has 2 N–H and O–H groups in total. The molecule has 20 heavy (non-hydrogen) atoms. The number of hydrogen-bond donors (Lipinski definition) is 1. The van der Waals surface area contributed by atoms with Gasteiger partial charge in [0.2, 0.25) is 0 Å². The third-order valence-electron chi connectivity index (χ3n) is 3.10. The van der Waals surface area contributed by atoms with Crippen molar-refractivity contribution < 1.29 is 0 Å². The summed E-state index contributed by atoms with van der Waals surface area (Å²) in [4.78, 5) is 2.43. The van der Waals surface area contributed by atoms with Crippen LogP contribution in [0.25, 0.3) is 0 Å². The quantitative estimate of drug-likeness (QED) is 0.810. The lowest BCUT2D eigenvalue weighted by atomic mass is 10.0. The molecule has 0 spiro atoms. The second-order valence-corrected chi connectivity index (χ2v) is 7.03. The summed E-state index contributed by atoms with van der Waals surface area (Å²) < 4.78 is 0. The fraction of sp³-hybridized carbons (Fsp3) is 0.647. The minimum Gasteiger partial charge on any atom is -0.370 e. The number of para-hydroxylation sites is 1. The molecule has 2 nitrogen and oxygen atoms in total. The Morgan fingerprint density at radius 2 is 1.60 bits per heavy atom. The van der Waals surface area contributed by atoms with Crippen LogP contribution in [-0.2, 0) is 6.42 Å². The maximum Gasteiger partial charge on any atom is 0.0642 e. The maximum absolute atomic E-state index is 6.49.